The number of hydrogen-bond acceptors (Lipinski definition) is 5. The molecule has 0 N–H and O–H groups in total. The fraction of sp³-hybridized carbons (Fsp3) is 0.0357. The Labute approximate surface area is 390 Å². The predicted molar refractivity (Wildman–Crippen MR) is 254 cm³/mol. The Bertz CT molecular complexity index is 3670. The van der Waals surface area contributed by atoms with Crippen LogP contribution >= 0.6 is 0 Å². The molecule has 5 nitrogen and oxygen atoms in total. The van der Waals surface area contributed by atoms with Crippen LogP contribution in [0.1, 0.15) is 11.1 Å². The van der Waals surface area contributed by atoms with Crippen LogP contribution in [-0.2, 0) is 12.4 Å². The molecule has 5 heterocycles. The van der Waals surface area contributed by atoms with E-state index in [2.05, 4.69) is 0 Å². The number of alkyl halides is 6. The minimum absolute atomic E-state index is 0.299. The molecule has 0 bridgehead atoms. The van der Waals surface area contributed by atoms with Crippen LogP contribution in [0.4, 0.5) is 26.3 Å². The van der Waals surface area contributed by atoms with Gasteiger partial charge in [0, 0.05) is 44.1 Å². The molecule has 69 heavy (non-hydrogen) atoms. The molecular formula is C56H28B2F6O5. The van der Waals surface area contributed by atoms with Gasteiger partial charge in [-0.3, -0.25) is 0 Å². The van der Waals surface area contributed by atoms with Crippen LogP contribution in [0, 0.1) is 0 Å². The summed E-state index contributed by atoms with van der Waals surface area (Å²) in [5.41, 5.74) is 9.23. The van der Waals surface area contributed by atoms with E-state index < -0.39 is 23.5 Å². The van der Waals surface area contributed by atoms with Gasteiger partial charge in [0.05, 0.1) is 11.1 Å². The largest absolute Gasteiger partial charge is 0.458 e. The van der Waals surface area contributed by atoms with Gasteiger partial charge in [0.2, 0.25) is 0 Å². The Morgan fingerprint density at radius 3 is 1.13 bits per heavy atom. The molecule has 0 radical (unpaired) electrons. The summed E-state index contributed by atoms with van der Waals surface area (Å²) in [5.74, 6) is 6.02. The van der Waals surface area contributed by atoms with Crippen LogP contribution in [0.3, 0.4) is 0 Å². The number of rotatable bonds is 4. The van der Waals surface area contributed by atoms with Crippen molar-refractivity contribution in [3.05, 3.63) is 181 Å². The Morgan fingerprint density at radius 2 is 0.638 bits per heavy atom. The van der Waals surface area contributed by atoms with Gasteiger partial charge >= 0.3 is 12.4 Å². The average Bonchev–Trinajstić information content (AvgIpc) is 3.36. The first-order valence-electron chi connectivity index (χ1n) is 22.2. The molecule has 0 aliphatic carbocycles. The van der Waals surface area contributed by atoms with Crippen LogP contribution in [-0.4, -0.2) is 13.4 Å². The second-order valence-corrected chi connectivity index (χ2v) is 17.6. The molecule has 0 atom stereocenters. The zero-order valence-corrected chi connectivity index (χ0v) is 35.6. The maximum atomic E-state index is 13.7. The molecule has 13 heteroatoms. The standard InChI is InChI=1S/C56H28B2F6O5/c59-55(60,61)33-19-15-31(16-20-33)35-5-3-7-40-51(35)68-52-36(23-26-44-48(52)57(40)39-6-1-2-8-41(39)65-44)29-11-13-30(14-12-29)37-24-27-45-49-53(37)69-54-38(32-17-21-34(22-18-32)56(62,63)64)25-28-46-50(54)58(49)47-42(66-45)9-4-10-43(47)67-46/h1-28H. The van der Waals surface area contributed by atoms with Gasteiger partial charge < -0.3 is 23.7 Å². The van der Waals surface area contributed by atoms with Crippen LogP contribution in [0.25, 0.3) is 44.5 Å². The van der Waals surface area contributed by atoms with Gasteiger partial charge in [0.1, 0.15) is 57.5 Å². The Morgan fingerprint density at radius 1 is 0.275 bits per heavy atom. The van der Waals surface area contributed by atoms with Gasteiger partial charge in [-0.2, -0.15) is 26.3 Å². The van der Waals surface area contributed by atoms with Crippen molar-refractivity contribution in [3.8, 4) is 102 Å². The number of hydrogen-bond donors (Lipinski definition) is 0. The van der Waals surface area contributed by atoms with Crippen LogP contribution in [0.15, 0.2) is 170 Å². The van der Waals surface area contributed by atoms with Crippen LogP contribution in [0.5, 0.6) is 57.5 Å². The van der Waals surface area contributed by atoms with Gasteiger partial charge in [-0.15, -0.1) is 0 Å². The normalized spacial score (nSPS) is 13.9. The zero-order chi connectivity index (χ0) is 46.5. The average molecular weight is 916 g/mol. The van der Waals surface area contributed by atoms with E-state index in [0.29, 0.717) is 79.7 Å². The number of benzene rings is 9. The fourth-order valence-corrected chi connectivity index (χ4v) is 10.7. The smallest absolute Gasteiger partial charge is 0.416 e. The topological polar surface area (TPSA) is 46.2 Å². The minimum Gasteiger partial charge on any atom is -0.458 e. The highest BCUT2D eigenvalue weighted by Gasteiger charge is 2.48. The lowest BCUT2D eigenvalue weighted by Gasteiger charge is -2.38. The minimum atomic E-state index is -4.49. The van der Waals surface area contributed by atoms with E-state index in [4.69, 9.17) is 23.7 Å². The Kier molecular flexibility index (Phi) is 8.15. The molecule has 0 aromatic heterocycles. The van der Waals surface area contributed by atoms with Gasteiger partial charge in [-0.05, 0) is 112 Å². The van der Waals surface area contributed by atoms with Crippen LogP contribution < -0.4 is 56.5 Å². The second-order valence-electron chi connectivity index (χ2n) is 17.6. The highest BCUT2D eigenvalue weighted by atomic mass is 19.4. The number of ether oxygens (including phenoxy) is 5. The first-order chi connectivity index (χ1) is 33.5. The molecule has 9 aromatic carbocycles. The summed E-state index contributed by atoms with van der Waals surface area (Å²) in [6.45, 7) is -0.653. The lowest BCUT2D eigenvalue weighted by molar-refractivity contribution is -0.138. The van der Waals surface area contributed by atoms with Crippen molar-refractivity contribution >= 4 is 46.2 Å². The van der Waals surface area contributed by atoms with E-state index in [-0.39, 0.29) is 13.4 Å². The lowest BCUT2D eigenvalue weighted by atomic mass is 9.33. The maximum Gasteiger partial charge on any atom is 0.416 e. The molecule has 5 aliphatic heterocycles. The molecule has 5 aliphatic rings. The third kappa shape index (κ3) is 5.89. The molecule has 0 spiro atoms. The molecular weight excluding hydrogens is 888 g/mol. The molecule has 0 saturated carbocycles. The molecule has 9 aromatic rings. The third-order valence-corrected chi connectivity index (χ3v) is 13.9. The van der Waals surface area contributed by atoms with Gasteiger partial charge in [-0.25, -0.2) is 0 Å². The summed E-state index contributed by atoms with van der Waals surface area (Å²) in [6.07, 6.45) is -8.97. The second kappa shape index (κ2) is 14.1. The van der Waals surface area contributed by atoms with E-state index in [1.807, 2.05) is 121 Å². The molecule has 0 saturated heterocycles. The van der Waals surface area contributed by atoms with E-state index in [1.54, 1.807) is 0 Å². The molecule has 330 valence electrons. The first kappa shape index (κ1) is 39.8. The number of para-hydroxylation sites is 2. The van der Waals surface area contributed by atoms with Crippen molar-refractivity contribution in [3.63, 3.8) is 0 Å². The first-order valence-corrected chi connectivity index (χ1v) is 22.2. The molecule has 0 amide bonds. The van der Waals surface area contributed by atoms with Gasteiger partial charge in [0.15, 0.2) is 0 Å². The zero-order valence-electron chi connectivity index (χ0n) is 35.6. The summed E-state index contributed by atoms with van der Waals surface area (Å²) in [5, 5.41) is 0. The summed E-state index contributed by atoms with van der Waals surface area (Å²) in [7, 11) is 0. The van der Waals surface area contributed by atoms with Crippen molar-refractivity contribution in [2.45, 2.75) is 12.4 Å². The quantitative estimate of drug-likeness (QED) is 0.130. The Hall–Kier alpha value is -8.31. The van der Waals surface area contributed by atoms with Gasteiger partial charge in [0.25, 0.3) is 13.4 Å². The fourth-order valence-electron chi connectivity index (χ4n) is 10.7. The maximum absolute atomic E-state index is 13.7. The lowest BCUT2D eigenvalue weighted by Crippen LogP contribution is -2.59. The van der Waals surface area contributed by atoms with Crippen molar-refractivity contribution in [1.82, 2.24) is 0 Å². The van der Waals surface area contributed by atoms with Crippen molar-refractivity contribution in [2.75, 3.05) is 0 Å². The highest BCUT2D eigenvalue weighted by Crippen LogP contribution is 2.49. The number of halogens is 6. The van der Waals surface area contributed by atoms with Crippen molar-refractivity contribution in [2.24, 2.45) is 0 Å². The molecule has 0 unspecified atom stereocenters. The SMILES string of the molecule is FC(F)(F)c1ccc(-c2cccc3c2Oc2c(-c4ccc(-c5ccc6c7c5Oc5c(-c8ccc(C(F)(F)F)cc8)ccc8c5B7c5c(cccc5O8)O6)cc4)ccc4c2B3c2ccccc2O4)cc1. The van der Waals surface area contributed by atoms with Crippen molar-refractivity contribution in [1.29, 1.82) is 0 Å². The number of fused-ring (bicyclic) bond motifs is 4. The summed E-state index contributed by atoms with van der Waals surface area (Å²) in [6, 6.07) is 48.9. The van der Waals surface area contributed by atoms with E-state index in [1.165, 1.54) is 24.3 Å². The predicted octanol–water partition coefficient (Wildman–Crippen LogP) is 12.0. The summed E-state index contributed by atoms with van der Waals surface area (Å²) < 4.78 is 115. The summed E-state index contributed by atoms with van der Waals surface area (Å²) >= 11 is 0. The summed E-state index contributed by atoms with van der Waals surface area (Å²) in [4.78, 5) is 0. The third-order valence-electron chi connectivity index (χ3n) is 13.9. The molecule has 0 fully saturated rings. The van der Waals surface area contributed by atoms with Gasteiger partial charge in [-0.1, -0.05) is 91.0 Å². The molecule has 14 rings (SSSR count). The van der Waals surface area contributed by atoms with E-state index in [9.17, 15) is 26.3 Å². The highest BCUT2D eigenvalue weighted by molar-refractivity contribution is 7.00. The monoisotopic (exact) mass is 916 g/mol. The Balaban J connectivity index is 0.891. The van der Waals surface area contributed by atoms with E-state index in [0.717, 1.165) is 79.3 Å². The van der Waals surface area contributed by atoms with Crippen LogP contribution in [0.2, 0.25) is 0 Å². The van der Waals surface area contributed by atoms with E-state index >= 15 is 0 Å². The van der Waals surface area contributed by atoms with Crippen molar-refractivity contribution < 1.29 is 50.0 Å².